The Bertz CT molecular complexity index is 1020. The van der Waals surface area contributed by atoms with Crippen molar-refractivity contribution in [3.63, 3.8) is 0 Å². The Hall–Kier alpha value is -1.54. The molecule has 7 heteroatoms. The number of nitrogens with zero attached hydrogens (tertiary/aromatic N) is 1. The summed E-state index contributed by atoms with van der Waals surface area (Å²) in [6.45, 7) is 0.414. The van der Waals surface area contributed by atoms with Gasteiger partial charge in [0.05, 0.1) is 10.2 Å². The number of sulfonamides is 1. The number of hydrogen-bond acceptors (Lipinski definition) is 4. The summed E-state index contributed by atoms with van der Waals surface area (Å²) in [4.78, 5) is 11.9. The zero-order chi connectivity index (χ0) is 20.9. The predicted octanol–water partition coefficient (Wildman–Crippen LogP) is 3.55. The minimum Gasteiger partial charge on any atom is -0.324 e. The summed E-state index contributed by atoms with van der Waals surface area (Å²) in [7, 11) is -2.02. The average Bonchev–Trinajstić information content (AvgIpc) is 3.65. The highest BCUT2D eigenvalue weighted by molar-refractivity contribution is 9.09. The zero-order valence-corrected chi connectivity index (χ0v) is 18.7. The van der Waals surface area contributed by atoms with Gasteiger partial charge >= 0.3 is 0 Å². The lowest BCUT2D eigenvalue weighted by Gasteiger charge is -2.29. The van der Waals surface area contributed by atoms with Gasteiger partial charge < -0.3 is 5.73 Å². The van der Waals surface area contributed by atoms with Crippen LogP contribution < -0.4 is 5.73 Å². The van der Waals surface area contributed by atoms with Gasteiger partial charge in [-0.3, -0.25) is 4.79 Å². The number of halogens is 1. The van der Waals surface area contributed by atoms with Gasteiger partial charge in [-0.2, -0.15) is 0 Å². The number of benzene rings is 2. The molecule has 29 heavy (non-hydrogen) atoms. The van der Waals surface area contributed by atoms with Crippen molar-refractivity contribution in [2.75, 3.05) is 18.9 Å². The molecule has 4 rings (SSSR count). The first kappa shape index (κ1) is 20.7. The number of rotatable bonds is 8. The Balaban J connectivity index is 1.50. The van der Waals surface area contributed by atoms with E-state index in [0.29, 0.717) is 12.1 Å². The highest BCUT2D eigenvalue weighted by atomic mass is 79.9. The van der Waals surface area contributed by atoms with Gasteiger partial charge in [-0.05, 0) is 37.0 Å². The molecule has 2 atom stereocenters. The summed E-state index contributed by atoms with van der Waals surface area (Å²) in [5.74, 6) is 0.210. The molecule has 5 nitrogen and oxygen atoms in total. The first-order chi connectivity index (χ1) is 13.7. The van der Waals surface area contributed by atoms with E-state index in [0.717, 1.165) is 19.3 Å². The normalized spacial score (nSPS) is 25.0. The van der Waals surface area contributed by atoms with Gasteiger partial charge in [-0.1, -0.05) is 58.4 Å². The molecule has 0 heterocycles. The SMILES string of the molecule is CN(CC1([C@@]2(N)C[C@H]2c2ccccc2)CC1)S(=O)(=O)c1ccc(C(=O)CBr)cc1. The monoisotopic (exact) mass is 476 g/mol. The molecule has 2 aromatic carbocycles. The maximum Gasteiger partial charge on any atom is 0.242 e. The van der Waals surface area contributed by atoms with Crippen LogP contribution in [0.4, 0.5) is 0 Å². The number of carbonyl (C=O) groups excluding carboxylic acids is 1. The van der Waals surface area contributed by atoms with Gasteiger partial charge in [0.25, 0.3) is 0 Å². The fourth-order valence-electron chi connectivity index (χ4n) is 4.47. The molecule has 0 unspecified atom stereocenters. The number of nitrogens with two attached hydrogens (primary N) is 1. The van der Waals surface area contributed by atoms with E-state index in [4.69, 9.17) is 5.73 Å². The summed E-state index contributed by atoms with van der Waals surface area (Å²) in [6.07, 6.45) is 2.80. The lowest BCUT2D eigenvalue weighted by molar-refractivity contribution is 0.102. The summed E-state index contributed by atoms with van der Waals surface area (Å²) >= 11 is 3.13. The van der Waals surface area contributed by atoms with Crippen LogP contribution in [0.5, 0.6) is 0 Å². The third kappa shape index (κ3) is 3.58. The summed E-state index contributed by atoms with van der Waals surface area (Å²) in [5, 5.41) is 0.211. The van der Waals surface area contributed by atoms with Crippen LogP contribution in [0.25, 0.3) is 0 Å². The number of Topliss-reactive ketones (excluding diaryl/α,β-unsaturated/α-hetero) is 1. The van der Waals surface area contributed by atoms with E-state index >= 15 is 0 Å². The van der Waals surface area contributed by atoms with Crippen molar-refractivity contribution in [3.05, 3.63) is 65.7 Å². The predicted molar refractivity (Wildman–Crippen MR) is 117 cm³/mol. The van der Waals surface area contributed by atoms with E-state index in [1.807, 2.05) is 18.2 Å². The molecular formula is C22H25BrN2O3S. The topological polar surface area (TPSA) is 80.5 Å². The van der Waals surface area contributed by atoms with Crippen molar-refractivity contribution in [1.29, 1.82) is 0 Å². The maximum atomic E-state index is 13.1. The van der Waals surface area contributed by atoms with E-state index in [-0.39, 0.29) is 32.9 Å². The second-order valence-corrected chi connectivity index (χ2v) is 10.9. The molecule has 2 saturated carbocycles. The molecule has 0 aliphatic heterocycles. The summed E-state index contributed by atoms with van der Waals surface area (Å²) < 4.78 is 27.6. The standard InChI is InChI=1S/C22H25BrN2O3S/c1-25(29(27,28)18-9-7-17(8-10-18)20(26)14-23)15-21(11-12-21)22(24)13-19(22)16-5-3-2-4-6-16/h2-10,19H,11-15,24H2,1H3/t19-,22+/m0/s1. The Labute approximate surface area is 180 Å². The average molecular weight is 477 g/mol. The van der Waals surface area contributed by atoms with E-state index in [2.05, 4.69) is 28.1 Å². The lowest BCUT2D eigenvalue weighted by atomic mass is 9.90. The molecule has 2 aliphatic carbocycles. The number of alkyl halides is 1. The van der Waals surface area contributed by atoms with Gasteiger partial charge in [-0.15, -0.1) is 0 Å². The van der Waals surface area contributed by atoms with Crippen molar-refractivity contribution < 1.29 is 13.2 Å². The van der Waals surface area contributed by atoms with E-state index < -0.39 is 10.0 Å². The third-order valence-corrected chi connectivity index (χ3v) is 8.90. The fourth-order valence-corrected chi connectivity index (χ4v) is 6.05. The van der Waals surface area contributed by atoms with Crippen LogP contribution in [0.1, 0.15) is 41.1 Å². The largest absolute Gasteiger partial charge is 0.324 e. The van der Waals surface area contributed by atoms with Crippen LogP contribution in [0.2, 0.25) is 0 Å². The summed E-state index contributed by atoms with van der Waals surface area (Å²) in [6, 6.07) is 16.4. The van der Waals surface area contributed by atoms with Crippen LogP contribution in [-0.4, -0.2) is 43.0 Å². The molecule has 2 aromatic rings. The number of carbonyl (C=O) groups is 1. The number of ketones is 1. The molecule has 154 valence electrons. The van der Waals surface area contributed by atoms with Gasteiger partial charge in [-0.25, -0.2) is 12.7 Å². The second-order valence-electron chi connectivity index (χ2n) is 8.33. The van der Waals surface area contributed by atoms with Gasteiger partial charge in [0.1, 0.15) is 0 Å². The molecule has 2 aliphatic rings. The molecule has 0 amide bonds. The van der Waals surface area contributed by atoms with Crippen molar-refractivity contribution in [2.24, 2.45) is 11.1 Å². The second kappa shape index (κ2) is 7.30. The van der Waals surface area contributed by atoms with E-state index in [1.54, 1.807) is 19.2 Å². The van der Waals surface area contributed by atoms with Crippen molar-refractivity contribution >= 4 is 31.7 Å². The van der Waals surface area contributed by atoms with Crippen LogP contribution >= 0.6 is 15.9 Å². The van der Waals surface area contributed by atoms with Crippen LogP contribution in [-0.2, 0) is 10.0 Å². The summed E-state index contributed by atoms with van der Waals surface area (Å²) in [5.41, 5.74) is 8.02. The molecule has 0 saturated heterocycles. The van der Waals surface area contributed by atoms with Gasteiger partial charge in [0.15, 0.2) is 5.78 Å². The molecular weight excluding hydrogens is 452 g/mol. The fraction of sp³-hybridized carbons (Fsp3) is 0.409. The molecule has 0 bridgehead atoms. The van der Waals surface area contributed by atoms with Crippen LogP contribution in [0, 0.1) is 5.41 Å². The van der Waals surface area contributed by atoms with Crippen LogP contribution in [0.15, 0.2) is 59.5 Å². The quantitative estimate of drug-likeness (QED) is 0.466. The van der Waals surface area contributed by atoms with Gasteiger partial charge in [0, 0.05) is 36.0 Å². The molecule has 0 aromatic heterocycles. The van der Waals surface area contributed by atoms with Crippen molar-refractivity contribution in [3.8, 4) is 0 Å². The molecule has 2 fully saturated rings. The Morgan fingerprint density at radius 3 is 2.31 bits per heavy atom. The Morgan fingerprint density at radius 1 is 1.14 bits per heavy atom. The maximum absolute atomic E-state index is 13.1. The van der Waals surface area contributed by atoms with Gasteiger partial charge in [0.2, 0.25) is 10.0 Å². The van der Waals surface area contributed by atoms with Crippen molar-refractivity contribution in [2.45, 2.75) is 35.6 Å². The third-order valence-electron chi connectivity index (χ3n) is 6.58. The molecule has 0 radical (unpaired) electrons. The smallest absolute Gasteiger partial charge is 0.242 e. The van der Waals surface area contributed by atoms with E-state index in [9.17, 15) is 13.2 Å². The zero-order valence-electron chi connectivity index (χ0n) is 16.3. The Kier molecular flexibility index (Phi) is 5.22. The number of hydrogen-bond donors (Lipinski definition) is 1. The molecule has 0 spiro atoms. The first-order valence-corrected chi connectivity index (χ1v) is 12.3. The highest BCUT2D eigenvalue weighted by Gasteiger charge is 2.69. The minimum absolute atomic E-state index is 0.0787. The molecule has 2 N–H and O–H groups in total. The minimum atomic E-state index is -3.64. The first-order valence-electron chi connectivity index (χ1n) is 9.73. The lowest BCUT2D eigenvalue weighted by Crippen LogP contribution is -2.44. The van der Waals surface area contributed by atoms with Crippen molar-refractivity contribution in [1.82, 2.24) is 4.31 Å². The van der Waals surface area contributed by atoms with Crippen LogP contribution in [0.3, 0.4) is 0 Å². The Morgan fingerprint density at radius 2 is 1.76 bits per heavy atom. The van der Waals surface area contributed by atoms with E-state index in [1.165, 1.54) is 22.0 Å². The highest BCUT2D eigenvalue weighted by Crippen LogP contribution is 2.69.